The van der Waals surface area contributed by atoms with Gasteiger partial charge in [0.1, 0.15) is 6.04 Å². The average molecular weight is 266 g/mol. The number of carbonyl (C=O) groups excluding carboxylic acids is 1. The van der Waals surface area contributed by atoms with Crippen LogP contribution < -0.4 is 5.32 Å². The van der Waals surface area contributed by atoms with Crippen molar-refractivity contribution in [3.63, 3.8) is 0 Å². The van der Waals surface area contributed by atoms with Gasteiger partial charge in [-0.1, -0.05) is 11.6 Å². The minimum Gasteiger partial charge on any atom is -0.480 e. The van der Waals surface area contributed by atoms with E-state index in [0.29, 0.717) is 19.5 Å². The maximum absolute atomic E-state index is 11.9. The molecule has 0 unspecified atom stereocenters. The zero-order valence-electron chi connectivity index (χ0n) is 11.2. The second-order valence-corrected chi connectivity index (χ2v) is 5.28. The van der Waals surface area contributed by atoms with Crippen molar-refractivity contribution < 1.29 is 14.7 Å². The molecule has 1 aliphatic heterocycles. The smallest absolute Gasteiger partial charge is 0.326 e. The molecule has 0 bridgehead atoms. The van der Waals surface area contributed by atoms with Crippen LogP contribution in [0.3, 0.4) is 0 Å². The number of likely N-dealkylation sites (tertiary alicyclic amines) is 1. The highest BCUT2D eigenvalue weighted by molar-refractivity contribution is 5.83. The zero-order chi connectivity index (χ0) is 13.7. The van der Waals surface area contributed by atoms with Gasteiger partial charge >= 0.3 is 12.0 Å². The first-order valence-corrected chi connectivity index (χ1v) is 7.13. The van der Waals surface area contributed by atoms with Crippen LogP contribution in [0.25, 0.3) is 0 Å². The van der Waals surface area contributed by atoms with Crippen LogP contribution in [0.5, 0.6) is 0 Å². The van der Waals surface area contributed by atoms with E-state index in [-0.39, 0.29) is 6.03 Å². The van der Waals surface area contributed by atoms with Crippen molar-refractivity contribution in [1.29, 1.82) is 0 Å². The highest BCUT2D eigenvalue weighted by Gasteiger charge is 2.33. The van der Waals surface area contributed by atoms with Gasteiger partial charge in [0, 0.05) is 13.1 Å². The lowest BCUT2D eigenvalue weighted by molar-refractivity contribution is -0.141. The third-order valence-corrected chi connectivity index (χ3v) is 3.91. The van der Waals surface area contributed by atoms with Crippen molar-refractivity contribution in [2.75, 3.05) is 13.1 Å². The number of carboxylic acid groups (broad SMARTS) is 1. The number of hydrogen-bond acceptors (Lipinski definition) is 2. The largest absolute Gasteiger partial charge is 0.480 e. The number of urea groups is 1. The van der Waals surface area contributed by atoms with Crippen LogP contribution in [0.15, 0.2) is 11.6 Å². The van der Waals surface area contributed by atoms with E-state index in [1.807, 2.05) is 0 Å². The lowest BCUT2D eigenvalue weighted by Crippen LogP contribution is -2.46. The fourth-order valence-electron chi connectivity index (χ4n) is 2.83. The number of carboxylic acids is 1. The molecule has 1 fully saturated rings. The molecule has 0 saturated carbocycles. The highest BCUT2D eigenvalue weighted by Crippen LogP contribution is 2.20. The fourth-order valence-corrected chi connectivity index (χ4v) is 2.83. The highest BCUT2D eigenvalue weighted by atomic mass is 16.4. The quantitative estimate of drug-likeness (QED) is 0.766. The summed E-state index contributed by atoms with van der Waals surface area (Å²) in [6.45, 7) is 1.15. The Kier molecular flexibility index (Phi) is 4.82. The van der Waals surface area contributed by atoms with E-state index in [0.717, 1.165) is 25.7 Å². The molecule has 2 rings (SSSR count). The molecule has 1 aliphatic carbocycles. The number of nitrogens with zero attached hydrogens (tertiary/aromatic N) is 1. The van der Waals surface area contributed by atoms with Crippen molar-refractivity contribution in [2.24, 2.45) is 0 Å². The summed E-state index contributed by atoms with van der Waals surface area (Å²) in [5, 5.41) is 11.9. The summed E-state index contributed by atoms with van der Waals surface area (Å²) in [5.41, 5.74) is 1.42. The number of rotatable bonds is 4. The van der Waals surface area contributed by atoms with Crippen molar-refractivity contribution in [1.82, 2.24) is 10.2 Å². The summed E-state index contributed by atoms with van der Waals surface area (Å²) in [6, 6.07) is -0.879. The Morgan fingerprint density at radius 2 is 2.21 bits per heavy atom. The molecular weight excluding hydrogens is 244 g/mol. The Labute approximate surface area is 113 Å². The zero-order valence-corrected chi connectivity index (χ0v) is 11.2. The van der Waals surface area contributed by atoms with Gasteiger partial charge in [-0.15, -0.1) is 0 Å². The fraction of sp³-hybridized carbons (Fsp3) is 0.714. The van der Waals surface area contributed by atoms with Gasteiger partial charge < -0.3 is 15.3 Å². The minimum absolute atomic E-state index is 0.235. The molecular formula is C14H22N2O3. The van der Waals surface area contributed by atoms with Gasteiger partial charge in [-0.3, -0.25) is 0 Å². The van der Waals surface area contributed by atoms with E-state index >= 15 is 0 Å². The van der Waals surface area contributed by atoms with E-state index in [1.165, 1.54) is 23.3 Å². The number of aliphatic carboxylic acids is 1. The van der Waals surface area contributed by atoms with Gasteiger partial charge in [-0.25, -0.2) is 9.59 Å². The molecule has 0 aromatic carbocycles. The van der Waals surface area contributed by atoms with E-state index in [9.17, 15) is 9.59 Å². The Morgan fingerprint density at radius 1 is 1.37 bits per heavy atom. The molecule has 1 atom stereocenters. The van der Waals surface area contributed by atoms with Crippen LogP contribution in [-0.4, -0.2) is 41.1 Å². The Bertz CT molecular complexity index is 379. The molecule has 2 amide bonds. The Balaban J connectivity index is 1.74. The van der Waals surface area contributed by atoms with E-state index < -0.39 is 12.0 Å². The number of amides is 2. The summed E-state index contributed by atoms with van der Waals surface area (Å²) in [7, 11) is 0. The van der Waals surface area contributed by atoms with Crippen LogP contribution in [-0.2, 0) is 4.79 Å². The van der Waals surface area contributed by atoms with E-state index in [2.05, 4.69) is 11.4 Å². The SMILES string of the molecule is O=C(O)[C@H]1CCCN1C(=O)NCCC1=CCCCC1. The summed E-state index contributed by atoms with van der Waals surface area (Å²) >= 11 is 0. The maximum Gasteiger partial charge on any atom is 0.326 e. The van der Waals surface area contributed by atoms with Crippen molar-refractivity contribution in [3.8, 4) is 0 Å². The normalized spacial score (nSPS) is 23.1. The third kappa shape index (κ3) is 3.72. The van der Waals surface area contributed by atoms with Gasteiger partial charge in [0.25, 0.3) is 0 Å². The lowest BCUT2D eigenvalue weighted by atomic mass is 9.97. The molecule has 5 nitrogen and oxygen atoms in total. The molecule has 1 heterocycles. The topological polar surface area (TPSA) is 69.6 Å². The van der Waals surface area contributed by atoms with Gasteiger partial charge in [0.05, 0.1) is 0 Å². The van der Waals surface area contributed by atoms with Crippen LogP contribution >= 0.6 is 0 Å². The van der Waals surface area contributed by atoms with Crippen molar-refractivity contribution >= 4 is 12.0 Å². The first kappa shape index (κ1) is 13.9. The molecule has 1 saturated heterocycles. The predicted molar refractivity (Wildman–Crippen MR) is 71.9 cm³/mol. The molecule has 0 aromatic rings. The van der Waals surface area contributed by atoms with Crippen LogP contribution in [0.1, 0.15) is 44.9 Å². The molecule has 2 aliphatic rings. The van der Waals surface area contributed by atoms with Crippen LogP contribution in [0.2, 0.25) is 0 Å². The van der Waals surface area contributed by atoms with Crippen molar-refractivity contribution in [3.05, 3.63) is 11.6 Å². The van der Waals surface area contributed by atoms with Gasteiger partial charge in [0.15, 0.2) is 0 Å². The maximum atomic E-state index is 11.9. The summed E-state index contributed by atoms with van der Waals surface area (Å²) in [6.07, 6.45) is 9.29. The molecule has 2 N–H and O–H groups in total. The minimum atomic E-state index is -0.900. The molecule has 19 heavy (non-hydrogen) atoms. The number of allylic oxidation sites excluding steroid dienone is 1. The summed E-state index contributed by atoms with van der Waals surface area (Å²) < 4.78 is 0. The van der Waals surface area contributed by atoms with Crippen LogP contribution in [0, 0.1) is 0 Å². The monoisotopic (exact) mass is 266 g/mol. The molecule has 0 aromatic heterocycles. The first-order valence-electron chi connectivity index (χ1n) is 7.13. The Morgan fingerprint density at radius 3 is 2.89 bits per heavy atom. The van der Waals surface area contributed by atoms with E-state index in [4.69, 9.17) is 5.11 Å². The second-order valence-electron chi connectivity index (χ2n) is 5.28. The standard InChI is InChI=1S/C14H22N2O3/c17-13(18)12-7-4-10-16(12)14(19)15-9-8-11-5-2-1-3-6-11/h5,12H,1-4,6-10H2,(H,15,19)(H,17,18)/t12-/m1/s1. The molecule has 0 radical (unpaired) electrons. The van der Waals surface area contributed by atoms with Crippen molar-refractivity contribution in [2.45, 2.75) is 51.0 Å². The number of nitrogens with one attached hydrogen (secondary N) is 1. The average Bonchev–Trinajstić information content (AvgIpc) is 2.89. The summed E-state index contributed by atoms with van der Waals surface area (Å²) in [5.74, 6) is -0.900. The number of carbonyl (C=O) groups is 2. The third-order valence-electron chi connectivity index (χ3n) is 3.91. The van der Waals surface area contributed by atoms with E-state index in [1.54, 1.807) is 0 Å². The number of hydrogen-bond donors (Lipinski definition) is 2. The molecule has 106 valence electrons. The summed E-state index contributed by atoms with van der Waals surface area (Å²) in [4.78, 5) is 24.4. The van der Waals surface area contributed by atoms with Gasteiger partial charge in [-0.2, -0.15) is 0 Å². The van der Waals surface area contributed by atoms with Gasteiger partial charge in [-0.05, 0) is 44.9 Å². The van der Waals surface area contributed by atoms with Crippen LogP contribution in [0.4, 0.5) is 4.79 Å². The first-order chi connectivity index (χ1) is 9.18. The Hall–Kier alpha value is -1.52. The predicted octanol–water partition coefficient (Wildman–Crippen LogP) is 2.14. The second kappa shape index (κ2) is 6.59. The van der Waals surface area contributed by atoms with Gasteiger partial charge in [0.2, 0.25) is 0 Å². The lowest BCUT2D eigenvalue weighted by Gasteiger charge is -2.22. The molecule has 0 spiro atoms. The molecule has 5 heteroatoms.